The van der Waals surface area contributed by atoms with Crippen molar-refractivity contribution in [3.05, 3.63) is 60.2 Å². The second kappa shape index (κ2) is 7.74. The number of hydrogen-bond donors (Lipinski definition) is 0. The van der Waals surface area contributed by atoms with Crippen molar-refractivity contribution in [2.24, 2.45) is 0 Å². The molecule has 0 radical (unpaired) electrons. The van der Waals surface area contributed by atoms with E-state index in [0.717, 1.165) is 23.4 Å². The first-order chi connectivity index (χ1) is 10.5. The fourth-order valence-corrected chi connectivity index (χ4v) is 1.89. The quantitative estimate of drug-likeness (QED) is 0.518. The summed E-state index contributed by atoms with van der Waals surface area (Å²) in [6, 6.07) is 5.85. The fourth-order valence-electron chi connectivity index (χ4n) is 1.89. The SMILES string of the molecule is Cc1ccn([C-](n2ccc(C)n2)n2ccc(C)n2)n1.[Cl][Mn][Cl]. The maximum atomic E-state index is 4.80. The Hall–Kier alpha value is -1.40. The normalized spacial score (nSPS) is 10.2. The molecule has 0 amide bonds. The van der Waals surface area contributed by atoms with E-state index in [9.17, 15) is 0 Å². The average molecular weight is 381 g/mol. The molecule has 0 saturated heterocycles. The van der Waals surface area contributed by atoms with Gasteiger partial charge in [-0.2, -0.15) is 15.3 Å². The molecule has 0 saturated carbocycles. The topological polar surface area (TPSA) is 53.5 Å². The zero-order valence-corrected chi connectivity index (χ0v) is 15.0. The van der Waals surface area contributed by atoms with Gasteiger partial charge in [0.2, 0.25) is 0 Å². The van der Waals surface area contributed by atoms with Crippen LogP contribution in [-0.4, -0.2) is 29.3 Å². The second-order valence-corrected chi connectivity index (χ2v) is 6.51. The number of aryl methyl sites for hydroxylation is 3. The van der Waals surface area contributed by atoms with E-state index in [2.05, 4.69) is 15.3 Å². The predicted molar refractivity (Wildman–Crippen MR) is 82.0 cm³/mol. The number of halogens is 2. The first-order valence-corrected chi connectivity index (χ1v) is 9.62. The number of rotatable bonds is 3. The molecule has 3 rings (SSSR count). The second-order valence-electron chi connectivity index (χ2n) is 4.56. The van der Waals surface area contributed by atoms with Crippen LogP contribution in [0.3, 0.4) is 0 Å². The molecule has 3 aromatic heterocycles. The van der Waals surface area contributed by atoms with Crippen molar-refractivity contribution >= 4 is 20.2 Å². The van der Waals surface area contributed by atoms with Gasteiger partial charge in [-0.05, 0) is 39.4 Å². The van der Waals surface area contributed by atoms with Crippen molar-refractivity contribution in [2.45, 2.75) is 20.8 Å². The Morgan fingerprint density at radius 1 is 0.773 bits per heavy atom. The zero-order chi connectivity index (χ0) is 16.1. The molecular weight excluding hydrogens is 366 g/mol. The molecule has 0 N–H and O–H groups in total. The summed E-state index contributed by atoms with van der Waals surface area (Å²) >= 11 is 0.00694. The van der Waals surface area contributed by atoms with Crippen LogP contribution in [0.2, 0.25) is 0 Å². The van der Waals surface area contributed by atoms with Crippen LogP contribution < -0.4 is 0 Å². The number of aromatic nitrogens is 6. The van der Waals surface area contributed by atoms with Crippen molar-refractivity contribution < 1.29 is 13.1 Å². The molecule has 0 aliphatic carbocycles. The van der Waals surface area contributed by atoms with Crippen molar-refractivity contribution in [3.8, 4) is 0 Å². The van der Waals surface area contributed by atoms with Gasteiger partial charge in [-0.3, -0.25) is 14.0 Å². The Balaban J connectivity index is 0.000000545. The third-order valence-electron chi connectivity index (χ3n) is 2.78. The van der Waals surface area contributed by atoms with Crippen LogP contribution in [0.1, 0.15) is 17.1 Å². The van der Waals surface area contributed by atoms with Crippen LogP contribution in [0.25, 0.3) is 0 Å². The molecule has 3 aromatic rings. The maximum absolute atomic E-state index is 4.80. The molecule has 0 bridgehead atoms. The molecule has 6 nitrogen and oxygen atoms in total. The summed E-state index contributed by atoms with van der Waals surface area (Å²) in [5.41, 5.74) is 2.85. The van der Waals surface area contributed by atoms with Gasteiger partial charge in [0.25, 0.3) is 0 Å². The van der Waals surface area contributed by atoms with Crippen LogP contribution >= 0.6 is 20.2 Å². The summed E-state index contributed by atoms with van der Waals surface area (Å²) in [7, 11) is 9.59. The summed E-state index contributed by atoms with van der Waals surface area (Å²) in [4.78, 5) is 0. The number of nitrogens with zero attached hydrogens (tertiary/aromatic N) is 6. The number of hydrogen-bond acceptors (Lipinski definition) is 3. The Morgan fingerprint density at radius 2 is 1.05 bits per heavy atom. The fraction of sp³-hybridized carbons (Fsp3) is 0.231. The summed E-state index contributed by atoms with van der Waals surface area (Å²) in [5, 5.41) is 13.3. The average Bonchev–Trinajstić information content (AvgIpc) is 3.16. The summed E-state index contributed by atoms with van der Waals surface area (Å²) in [5.74, 6) is 0. The van der Waals surface area contributed by atoms with Crippen LogP contribution in [-0.2, 0) is 13.1 Å². The van der Waals surface area contributed by atoms with Gasteiger partial charge in [-0.15, -0.1) is 0 Å². The third kappa shape index (κ3) is 4.08. The molecule has 0 aromatic carbocycles. The van der Waals surface area contributed by atoms with Crippen LogP contribution in [0.4, 0.5) is 0 Å². The van der Waals surface area contributed by atoms with E-state index < -0.39 is 0 Å². The van der Waals surface area contributed by atoms with Crippen molar-refractivity contribution in [1.82, 2.24) is 29.3 Å². The van der Waals surface area contributed by atoms with Gasteiger partial charge in [0.05, 0.1) is 0 Å². The van der Waals surface area contributed by atoms with Gasteiger partial charge in [-0.1, -0.05) is 18.2 Å². The van der Waals surface area contributed by atoms with Crippen molar-refractivity contribution in [1.29, 1.82) is 0 Å². The molecule has 22 heavy (non-hydrogen) atoms. The molecule has 0 spiro atoms. The van der Waals surface area contributed by atoms with Gasteiger partial charge in [0.15, 0.2) is 6.29 Å². The van der Waals surface area contributed by atoms with Crippen LogP contribution in [0.5, 0.6) is 0 Å². The standard InChI is InChI=1S/C13H15N6.2ClH.Mn/c1-10-4-7-17(14-10)13(18-8-5-11(2)15-18)19-9-6-12(3)16-19;;;/h4-9H,1-3H3;2*1H;/q-1;;;+2/p-2. The monoisotopic (exact) mass is 380 g/mol. The van der Waals surface area contributed by atoms with Gasteiger partial charge in [-0.25, -0.2) is 0 Å². The summed E-state index contributed by atoms with van der Waals surface area (Å²) in [6.45, 7) is 5.87. The van der Waals surface area contributed by atoms with Gasteiger partial charge in [0.1, 0.15) is 0 Å². The van der Waals surface area contributed by atoms with Crippen molar-refractivity contribution in [2.75, 3.05) is 0 Å². The van der Waals surface area contributed by atoms with E-state index in [-0.39, 0.29) is 13.1 Å². The molecule has 0 atom stereocenters. The molecule has 9 heteroatoms. The summed E-state index contributed by atoms with van der Waals surface area (Å²) < 4.78 is 5.32. The van der Waals surface area contributed by atoms with E-state index in [0.29, 0.717) is 0 Å². The predicted octanol–water partition coefficient (Wildman–Crippen LogP) is 2.97. The minimum atomic E-state index is 0.00694. The van der Waals surface area contributed by atoms with Crippen LogP contribution in [0, 0.1) is 27.1 Å². The molecule has 0 aliphatic rings. The van der Waals surface area contributed by atoms with E-state index in [1.54, 1.807) is 14.0 Å². The molecule has 3 heterocycles. The van der Waals surface area contributed by atoms with Gasteiger partial charge in [0, 0.05) is 17.1 Å². The van der Waals surface area contributed by atoms with Gasteiger partial charge >= 0.3 is 33.3 Å². The summed E-state index contributed by atoms with van der Waals surface area (Å²) in [6.07, 6.45) is 6.46. The Labute approximate surface area is 143 Å². The van der Waals surface area contributed by atoms with Crippen LogP contribution in [0.15, 0.2) is 36.8 Å². The third-order valence-corrected chi connectivity index (χ3v) is 2.78. The molecule has 0 fully saturated rings. The molecular formula is C13H15Cl2MnN6-. The van der Waals surface area contributed by atoms with E-state index >= 15 is 0 Å². The molecule has 0 unspecified atom stereocenters. The minimum absolute atomic E-state index is 0.00694. The molecule has 119 valence electrons. The van der Waals surface area contributed by atoms with E-state index in [1.165, 1.54) is 0 Å². The first-order valence-electron chi connectivity index (χ1n) is 6.37. The van der Waals surface area contributed by atoms with E-state index in [4.69, 9.17) is 20.2 Å². The Bertz CT molecular complexity index is 624. The van der Waals surface area contributed by atoms with E-state index in [1.807, 2.05) is 57.6 Å². The zero-order valence-electron chi connectivity index (χ0n) is 12.3. The Morgan fingerprint density at radius 3 is 1.23 bits per heavy atom. The van der Waals surface area contributed by atoms with Crippen molar-refractivity contribution in [3.63, 3.8) is 0 Å². The first kappa shape index (κ1) is 17.0. The van der Waals surface area contributed by atoms with Gasteiger partial charge < -0.3 is 0 Å². The Kier molecular flexibility index (Phi) is 5.97. The molecule has 0 aliphatic heterocycles.